The van der Waals surface area contributed by atoms with Gasteiger partial charge in [0, 0.05) is 32.1 Å². The first-order valence-corrected chi connectivity index (χ1v) is 9.17. The first-order valence-electron chi connectivity index (χ1n) is 7.56. The van der Waals surface area contributed by atoms with Gasteiger partial charge in [0.2, 0.25) is 15.9 Å². The Labute approximate surface area is 121 Å². The average Bonchev–Trinajstić information content (AvgIpc) is 2.94. The largest absolute Gasteiger partial charge is 0.352 e. The molecule has 2 heterocycles. The highest BCUT2D eigenvalue weighted by Gasteiger charge is 2.25. The molecule has 1 unspecified atom stereocenters. The molecule has 2 aliphatic rings. The average molecular weight is 303 g/mol. The summed E-state index contributed by atoms with van der Waals surface area (Å²) in [4.78, 5) is 11.8. The second-order valence-corrected chi connectivity index (χ2v) is 7.72. The summed E-state index contributed by atoms with van der Waals surface area (Å²) in [6, 6.07) is 0.200. The predicted molar refractivity (Wildman–Crippen MR) is 77.9 cm³/mol. The molecule has 2 rings (SSSR count). The van der Waals surface area contributed by atoms with Crippen LogP contribution in [0.1, 0.15) is 38.5 Å². The van der Waals surface area contributed by atoms with E-state index in [0.29, 0.717) is 25.9 Å². The van der Waals surface area contributed by atoms with Gasteiger partial charge in [-0.1, -0.05) is 0 Å². The maximum Gasteiger partial charge on any atom is 0.220 e. The fourth-order valence-electron chi connectivity index (χ4n) is 2.79. The van der Waals surface area contributed by atoms with Crippen molar-refractivity contribution in [3.05, 3.63) is 0 Å². The molecule has 2 fully saturated rings. The number of amides is 1. The van der Waals surface area contributed by atoms with E-state index >= 15 is 0 Å². The van der Waals surface area contributed by atoms with Crippen molar-refractivity contribution in [2.45, 2.75) is 44.6 Å². The Morgan fingerprint density at radius 1 is 1.25 bits per heavy atom. The van der Waals surface area contributed by atoms with E-state index in [1.807, 2.05) is 0 Å². The number of rotatable bonds is 6. The zero-order chi connectivity index (χ0) is 14.4. The van der Waals surface area contributed by atoms with Crippen molar-refractivity contribution in [1.29, 1.82) is 0 Å². The third-order valence-corrected chi connectivity index (χ3v) is 5.88. The van der Waals surface area contributed by atoms with Gasteiger partial charge in [-0.05, 0) is 38.6 Å². The van der Waals surface area contributed by atoms with Crippen molar-refractivity contribution in [2.24, 2.45) is 0 Å². The highest BCUT2D eigenvalue weighted by molar-refractivity contribution is 7.89. The van der Waals surface area contributed by atoms with Crippen LogP contribution in [0.25, 0.3) is 0 Å². The Hall–Kier alpha value is -0.660. The Morgan fingerprint density at radius 3 is 2.65 bits per heavy atom. The van der Waals surface area contributed by atoms with Gasteiger partial charge in [0.05, 0.1) is 5.75 Å². The molecule has 2 aliphatic heterocycles. The fraction of sp³-hybridized carbons (Fsp3) is 0.923. The molecule has 7 heteroatoms. The molecule has 116 valence electrons. The van der Waals surface area contributed by atoms with Gasteiger partial charge in [0.15, 0.2) is 0 Å². The van der Waals surface area contributed by atoms with Crippen LogP contribution < -0.4 is 10.6 Å². The van der Waals surface area contributed by atoms with Crippen molar-refractivity contribution in [3.63, 3.8) is 0 Å². The van der Waals surface area contributed by atoms with Crippen molar-refractivity contribution >= 4 is 15.9 Å². The predicted octanol–water partition coefficient (Wildman–Crippen LogP) is 0.0604. The smallest absolute Gasteiger partial charge is 0.220 e. The number of nitrogens with one attached hydrogen (secondary N) is 2. The first kappa shape index (κ1) is 15.7. The summed E-state index contributed by atoms with van der Waals surface area (Å²) in [6.07, 6.45) is 4.69. The van der Waals surface area contributed by atoms with Crippen LogP contribution in [0.5, 0.6) is 0 Å². The molecule has 1 atom stereocenters. The van der Waals surface area contributed by atoms with Gasteiger partial charge in [0.1, 0.15) is 0 Å². The van der Waals surface area contributed by atoms with Gasteiger partial charge in [-0.2, -0.15) is 0 Å². The van der Waals surface area contributed by atoms with Crippen LogP contribution in [0, 0.1) is 0 Å². The lowest BCUT2D eigenvalue weighted by Crippen LogP contribution is -2.45. The zero-order valence-electron chi connectivity index (χ0n) is 11.9. The van der Waals surface area contributed by atoms with Crippen LogP contribution in [-0.4, -0.2) is 56.6 Å². The fourth-order valence-corrected chi connectivity index (χ4v) is 4.37. The standard InChI is InChI=1S/C13H25N3O3S/c17-13(15-12-5-3-7-14-11-12)6-4-10-20(18,19)16-8-1-2-9-16/h12,14H,1-11H2,(H,15,17). The van der Waals surface area contributed by atoms with Crippen LogP contribution in [0.15, 0.2) is 0 Å². The van der Waals surface area contributed by atoms with Gasteiger partial charge in [-0.15, -0.1) is 0 Å². The monoisotopic (exact) mass is 303 g/mol. The van der Waals surface area contributed by atoms with Gasteiger partial charge in [0.25, 0.3) is 0 Å². The maximum absolute atomic E-state index is 12.0. The molecule has 0 aromatic rings. The Morgan fingerprint density at radius 2 is 2.00 bits per heavy atom. The second-order valence-electron chi connectivity index (χ2n) is 5.64. The molecule has 0 radical (unpaired) electrons. The molecule has 6 nitrogen and oxygen atoms in total. The normalized spacial score (nSPS) is 24.7. The van der Waals surface area contributed by atoms with E-state index in [4.69, 9.17) is 0 Å². The van der Waals surface area contributed by atoms with Crippen LogP contribution in [0.3, 0.4) is 0 Å². The number of nitrogens with zero attached hydrogens (tertiary/aromatic N) is 1. The Bertz CT molecular complexity index is 413. The molecular weight excluding hydrogens is 278 g/mol. The highest BCUT2D eigenvalue weighted by Crippen LogP contribution is 2.14. The maximum atomic E-state index is 12.0. The number of hydrogen-bond donors (Lipinski definition) is 2. The van der Waals surface area contributed by atoms with E-state index in [1.54, 1.807) is 4.31 Å². The SMILES string of the molecule is O=C(CCCS(=O)(=O)N1CCCC1)NC1CCCNC1. The van der Waals surface area contributed by atoms with Crippen LogP contribution in [0.4, 0.5) is 0 Å². The molecule has 0 aromatic heterocycles. The van der Waals surface area contributed by atoms with Crippen molar-refractivity contribution in [1.82, 2.24) is 14.9 Å². The molecule has 0 saturated carbocycles. The van der Waals surface area contributed by atoms with E-state index < -0.39 is 10.0 Å². The summed E-state index contributed by atoms with van der Waals surface area (Å²) in [5.41, 5.74) is 0. The molecule has 2 saturated heterocycles. The quantitative estimate of drug-likeness (QED) is 0.727. The van der Waals surface area contributed by atoms with E-state index in [-0.39, 0.29) is 17.7 Å². The lowest BCUT2D eigenvalue weighted by Gasteiger charge is -2.23. The van der Waals surface area contributed by atoms with Crippen molar-refractivity contribution in [3.8, 4) is 0 Å². The molecule has 0 aliphatic carbocycles. The van der Waals surface area contributed by atoms with E-state index in [9.17, 15) is 13.2 Å². The molecule has 0 aromatic carbocycles. The number of sulfonamides is 1. The van der Waals surface area contributed by atoms with Gasteiger partial charge in [-0.3, -0.25) is 4.79 Å². The van der Waals surface area contributed by atoms with Gasteiger partial charge >= 0.3 is 0 Å². The summed E-state index contributed by atoms with van der Waals surface area (Å²) in [6.45, 7) is 3.11. The second kappa shape index (κ2) is 7.38. The summed E-state index contributed by atoms with van der Waals surface area (Å²) in [5, 5.41) is 6.21. The van der Waals surface area contributed by atoms with Crippen LogP contribution in [-0.2, 0) is 14.8 Å². The summed E-state index contributed by atoms with van der Waals surface area (Å²) >= 11 is 0. The van der Waals surface area contributed by atoms with E-state index in [0.717, 1.165) is 38.8 Å². The molecule has 1 amide bonds. The van der Waals surface area contributed by atoms with Gasteiger partial charge < -0.3 is 10.6 Å². The number of hydrogen-bond acceptors (Lipinski definition) is 4. The first-order chi connectivity index (χ1) is 9.58. The Kier molecular flexibility index (Phi) is 5.80. The lowest BCUT2D eigenvalue weighted by atomic mass is 10.1. The van der Waals surface area contributed by atoms with E-state index in [2.05, 4.69) is 10.6 Å². The van der Waals surface area contributed by atoms with Crippen molar-refractivity contribution in [2.75, 3.05) is 31.9 Å². The summed E-state index contributed by atoms with van der Waals surface area (Å²) in [5.74, 6) is 0.0545. The molecule has 0 bridgehead atoms. The van der Waals surface area contributed by atoms with E-state index in [1.165, 1.54) is 0 Å². The minimum absolute atomic E-state index is 0.0321. The third-order valence-electron chi connectivity index (χ3n) is 3.93. The Balaban J connectivity index is 1.65. The highest BCUT2D eigenvalue weighted by atomic mass is 32.2. The third kappa shape index (κ3) is 4.71. The molecular formula is C13H25N3O3S. The summed E-state index contributed by atoms with van der Waals surface area (Å²) in [7, 11) is -3.15. The molecule has 2 N–H and O–H groups in total. The minimum Gasteiger partial charge on any atom is -0.352 e. The number of carbonyl (C=O) groups is 1. The molecule has 20 heavy (non-hydrogen) atoms. The lowest BCUT2D eigenvalue weighted by molar-refractivity contribution is -0.121. The zero-order valence-corrected chi connectivity index (χ0v) is 12.8. The number of carbonyl (C=O) groups excluding carboxylic acids is 1. The summed E-state index contributed by atoms with van der Waals surface area (Å²) < 4.78 is 25.5. The van der Waals surface area contributed by atoms with Crippen LogP contribution in [0.2, 0.25) is 0 Å². The topological polar surface area (TPSA) is 78.5 Å². The minimum atomic E-state index is -3.15. The molecule has 0 spiro atoms. The van der Waals surface area contributed by atoms with Crippen molar-refractivity contribution < 1.29 is 13.2 Å². The number of piperidine rings is 1. The van der Waals surface area contributed by atoms with Crippen LogP contribution >= 0.6 is 0 Å². The van der Waals surface area contributed by atoms with Gasteiger partial charge in [-0.25, -0.2) is 12.7 Å².